The maximum absolute atomic E-state index is 13.1. The second kappa shape index (κ2) is 8.65. The Kier molecular flexibility index (Phi) is 5.71. The molecule has 5 rings (SSSR count). The molecule has 1 aliphatic carbocycles. The fraction of sp³-hybridized carbons (Fsp3) is 0.391. The van der Waals surface area contributed by atoms with Crippen molar-refractivity contribution in [1.82, 2.24) is 19.3 Å². The zero-order chi connectivity index (χ0) is 22.1. The van der Waals surface area contributed by atoms with Crippen LogP contribution < -0.4 is 4.74 Å². The molecule has 0 spiro atoms. The first kappa shape index (κ1) is 21.1. The Morgan fingerprint density at radius 2 is 1.81 bits per heavy atom. The number of aryl methyl sites for hydroxylation is 2. The number of benzene rings is 2. The second-order valence-corrected chi connectivity index (χ2v) is 10.1. The summed E-state index contributed by atoms with van der Waals surface area (Å²) in [4.78, 5) is 7.04. The van der Waals surface area contributed by atoms with Crippen molar-refractivity contribution < 1.29 is 17.7 Å². The minimum absolute atomic E-state index is 0.407. The molecule has 9 heteroatoms. The molecule has 2 aliphatic rings. The predicted octanol–water partition coefficient (Wildman–Crippen LogP) is 2.74. The van der Waals surface area contributed by atoms with E-state index in [4.69, 9.17) is 9.26 Å². The van der Waals surface area contributed by atoms with Crippen molar-refractivity contribution in [1.29, 1.82) is 0 Å². The highest BCUT2D eigenvalue weighted by Crippen LogP contribution is 2.28. The number of hydrogen-bond acceptors (Lipinski definition) is 7. The van der Waals surface area contributed by atoms with Crippen LogP contribution in [0.15, 0.2) is 51.9 Å². The molecule has 168 valence electrons. The van der Waals surface area contributed by atoms with Gasteiger partial charge in [-0.05, 0) is 54.7 Å². The smallest absolute Gasteiger partial charge is 0.243 e. The van der Waals surface area contributed by atoms with Crippen LogP contribution >= 0.6 is 0 Å². The summed E-state index contributed by atoms with van der Waals surface area (Å²) < 4.78 is 38.6. The van der Waals surface area contributed by atoms with E-state index < -0.39 is 10.0 Å². The number of hydrogen-bond donors (Lipinski definition) is 0. The van der Waals surface area contributed by atoms with Crippen molar-refractivity contribution in [2.24, 2.45) is 0 Å². The molecule has 0 radical (unpaired) electrons. The van der Waals surface area contributed by atoms with Gasteiger partial charge in [0.1, 0.15) is 5.75 Å². The lowest BCUT2D eigenvalue weighted by Crippen LogP contribution is -2.48. The van der Waals surface area contributed by atoms with Gasteiger partial charge in [0.25, 0.3) is 0 Å². The predicted molar refractivity (Wildman–Crippen MR) is 119 cm³/mol. The van der Waals surface area contributed by atoms with E-state index in [2.05, 4.69) is 15.0 Å². The molecule has 0 atom stereocenters. The van der Waals surface area contributed by atoms with Gasteiger partial charge in [-0.1, -0.05) is 23.4 Å². The van der Waals surface area contributed by atoms with E-state index in [0.717, 1.165) is 24.8 Å². The third kappa shape index (κ3) is 4.03. The fourth-order valence-corrected chi connectivity index (χ4v) is 5.91. The lowest BCUT2D eigenvalue weighted by atomic mass is 10.1. The largest absolute Gasteiger partial charge is 0.496 e. The Hall–Kier alpha value is -2.75. The summed E-state index contributed by atoms with van der Waals surface area (Å²) in [6, 6.07) is 13.1. The first-order chi connectivity index (χ1) is 15.5. The third-order valence-electron chi connectivity index (χ3n) is 6.21. The lowest BCUT2D eigenvalue weighted by Gasteiger charge is -2.33. The number of nitrogens with zero attached hydrogens (tertiary/aromatic N) is 4. The number of ether oxygens (including phenoxy) is 1. The van der Waals surface area contributed by atoms with Crippen LogP contribution in [0.2, 0.25) is 0 Å². The molecular formula is C23H26N4O4S. The highest BCUT2D eigenvalue weighted by atomic mass is 32.2. The Bertz CT molecular complexity index is 1220. The van der Waals surface area contributed by atoms with E-state index in [1.54, 1.807) is 17.5 Å². The van der Waals surface area contributed by atoms with Gasteiger partial charge in [0.15, 0.2) is 0 Å². The van der Waals surface area contributed by atoms with Crippen molar-refractivity contribution in [2.75, 3.05) is 33.3 Å². The summed E-state index contributed by atoms with van der Waals surface area (Å²) in [5.74, 6) is 1.67. The second-order valence-electron chi connectivity index (χ2n) is 8.18. The van der Waals surface area contributed by atoms with Gasteiger partial charge in [-0.15, -0.1) is 0 Å². The van der Waals surface area contributed by atoms with Crippen molar-refractivity contribution >= 4 is 10.0 Å². The molecule has 0 amide bonds. The molecule has 0 bridgehead atoms. The number of aromatic nitrogens is 2. The highest BCUT2D eigenvalue weighted by Gasteiger charge is 2.30. The molecule has 2 aromatic carbocycles. The summed E-state index contributed by atoms with van der Waals surface area (Å²) in [7, 11) is -1.87. The molecule has 1 aromatic heterocycles. The molecule has 1 fully saturated rings. The van der Waals surface area contributed by atoms with Crippen molar-refractivity contribution in [3.05, 3.63) is 59.5 Å². The van der Waals surface area contributed by atoms with E-state index in [0.29, 0.717) is 55.1 Å². The van der Waals surface area contributed by atoms with Crippen molar-refractivity contribution in [2.45, 2.75) is 30.7 Å². The Labute approximate surface area is 187 Å². The van der Waals surface area contributed by atoms with Crippen molar-refractivity contribution in [3.63, 3.8) is 0 Å². The average Bonchev–Trinajstić information content (AvgIpc) is 3.48. The number of fused-ring (bicyclic) bond motifs is 1. The minimum Gasteiger partial charge on any atom is -0.496 e. The Morgan fingerprint density at radius 1 is 1.03 bits per heavy atom. The van der Waals surface area contributed by atoms with Gasteiger partial charge in [0.05, 0.1) is 24.1 Å². The highest BCUT2D eigenvalue weighted by molar-refractivity contribution is 7.89. The van der Waals surface area contributed by atoms with E-state index in [-0.39, 0.29) is 0 Å². The first-order valence-electron chi connectivity index (χ1n) is 10.8. The minimum atomic E-state index is -3.48. The van der Waals surface area contributed by atoms with Gasteiger partial charge in [-0.3, -0.25) is 4.90 Å². The maximum atomic E-state index is 13.1. The van der Waals surface area contributed by atoms with E-state index in [9.17, 15) is 8.42 Å². The standard InChI is InChI=1S/C23H26N4O4S/c1-30-21-8-3-2-7-20(21)23-24-22(31-25-23)16-26-11-13-27(14-12-26)32(28,29)19-10-9-17-5-4-6-18(17)15-19/h2-3,7-10,15H,4-6,11-14,16H2,1H3. The number of methoxy groups -OCH3 is 1. The maximum Gasteiger partial charge on any atom is 0.243 e. The number of para-hydroxylation sites is 1. The van der Waals surface area contributed by atoms with Crippen molar-refractivity contribution in [3.8, 4) is 17.1 Å². The van der Waals surface area contributed by atoms with Crippen LogP contribution in [-0.4, -0.2) is 61.1 Å². The van der Waals surface area contributed by atoms with Gasteiger partial charge >= 0.3 is 0 Å². The number of piperazine rings is 1. The van der Waals surface area contributed by atoms with Crippen LogP contribution in [0.1, 0.15) is 23.4 Å². The topological polar surface area (TPSA) is 88.8 Å². The summed E-state index contributed by atoms with van der Waals surface area (Å²) in [5, 5.41) is 4.08. The molecule has 1 saturated heterocycles. The summed E-state index contributed by atoms with van der Waals surface area (Å²) >= 11 is 0. The van der Waals surface area contributed by atoms with Gasteiger partial charge < -0.3 is 9.26 Å². The lowest BCUT2D eigenvalue weighted by molar-refractivity contribution is 0.163. The molecule has 2 heterocycles. The van der Waals surface area contributed by atoms with Gasteiger partial charge in [-0.25, -0.2) is 8.42 Å². The van der Waals surface area contributed by atoms with Gasteiger partial charge in [0.2, 0.25) is 21.7 Å². The normalized spacial score (nSPS) is 17.4. The zero-order valence-electron chi connectivity index (χ0n) is 18.0. The molecule has 0 saturated carbocycles. The summed E-state index contributed by atoms with van der Waals surface area (Å²) in [6.45, 7) is 2.57. The monoisotopic (exact) mass is 454 g/mol. The summed E-state index contributed by atoms with van der Waals surface area (Å²) in [5.41, 5.74) is 3.23. The SMILES string of the molecule is COc1ccccc1-c1noc(CN2CCN(S(=O)(=O)c3ccc4c(c3)CCC4)CC2)n1. The van der Waals surface area contributed by atoms with Crippen LogP contribution in [0, 0.1) is 0 Å². The van der Waals surface area contributed by atoms with Crippen LogP contribution in [0.5, 0.6) is 5.75 Å². The van der Waals surface area contributed by atoms with E-state index in [1.807, 2.05) is 36.4 Å². The Morgan fingerprint density at radius 3 is 2.62 bits per heavy atom. The number of rotatable bonds is 6. The van der Waals surface area contributed by atoms with Crippen LogP contribution in [0.4, 0.5) is 0 Å². The Balaban J connectivity index is 1.22. The summed E-state index contributed by atoms with van der Waals surface area (Å²) in [6.07, 6.45) is 3.11. The van der Waals surface area contributed by atoms with Gasteiger partial charge in [-0.2, -0.15) is 9.29 Å². The van der Waals surface area contributed by atoms with Crippen LogP contribution in [0.25, 0.3) is 11.4 Å². The molecule has 0 N–H and O–H groups in total. The van der Waals surface area contributed by atoms with E-state index >= 15 is 0 Å². The number of sulfonamides is 1. The quantitative estimate of drug-likeness (QED) is 0.566. The molecule has 3 aromatic rings. The molecule has 0 unspecified atom stereocenters. The van der Waals surface area contributed by atoms with Crippen LogP contribution in [-0.2, 0) is 29.4 Å². The fourth-order valence-electron chi connectivity index (χ4n) is 4.43. The van der Waals surface area contributed by atoms with Gasteiger partial charge in [0, 0.05) is 26.2 Å². The third-order valence-corrected chi connectivity index (χ3v) is 8.11. The molecule has 8 nitrogen and oxygen atoms in total. The first-order valence-corrected chi connectivity index (χ1v) is 12.3. The van der Waals surface area contributed by atoms with Crippen LogP contribution in [0.3, 0.4) is 0 Å². The molecule has 32 heavy (non-hydrogen) atoms. The molecular weight excluding hydrogens is 428 g/mol. The average molecular weight is 455 g/mol. The zero-order valence-corrected chi connectivity index (χ0v) is 18.8. The van der Waals surface area contributed by atoms with E-state index in [1.165, 1.54) is 11.1 Å². The molecule has 1 aliphatic heterocycles.